The van der Waals surface area contributed by atoms with Gasteiger partial charge in [-0.25, -0.2) is 0 Å². The van der Waals surface area contributed by atoms with Crippen molar-refractivity contribution < 1.29 is 10.1 Å². The van der Waals surface area contributed by atoms with E-state index in [1.54, 1.807) is 0 Å². The molecule has 0 spiro atoms. The first-order valence-corrected chi connectivity index (χ1v) is 3.65. The Bertz CT molecular complexity index is 112. The van der Waals surface area contributed by atoms with E-state index < -0.39 is 0 Å². The Labute approximate surface area is 61.5 Å². The van der Waals surface area contributed by atoms with E-state index in [1.165, 1.54) is 7.48 Å². The van der Waals surface area contributed by atoms with Crippen molar-refractivity contribution in [1.29, 1.82) is 0 Å². The smallest absolute Gasteiger partial charge is 0.290 e. The fraction of sp³-hybridized carbons (Fsp3) is 1.00. The van der Waals surface area contributed by atoms with Crippen LogP contribution >= 0.6 is 0 Å². The Morgan fingerprint density at radius 2 is 2.10 bits per heavy atom. The summed E-state index contributed by atoms with van der Waals surface area (Å²) in [5.74, 6) is 0.193. The lowest BCUT2D eigenvalue weighted by Crippen LogP contribution is -2.39. The summed E-state index contributed by atoms with van der Waals surface area (Å²) < 4.78 is 0. The highest BCUT2D eigenvalue weighted by Crippen LogP contribution is 2.26. The third kappa shape index (κ3) is 1.72. The van der Waals surface area contributed by atoms with Crippen molar-refractivity contribution in [2.24, 2.45) is 5.73 Å². The van der Waals surface area contributed by atoms with Crippen molar-refractivity contribution in [3.05, 3.63) is 0 Å². The highest BCUT2D eigenvalue weighted by molar-refractivity contribution is 6.27. The SMILES string of the molecule is NC1CC([B]O)CCC1O. The maximum Gasteiger partial charge on any atom is 0.290 e. The Hall–Kier alpha value is -0.0551. The molecule has 4 N–H and O–H groups in total. The van der Waals surface area contributed by atoms with Gasteiger partial charge in [0.1, 0.15) is 0 Å². The molecule has 0 heterocycles. The van der Waals surface area contributed by atoms with Gasteiger partial charge in [0.15, 0.2) is 0 Å². The monoisotopic (exact) mass is 142 g/mol. The normalized spacial score (nSPS) is 41.3. The topological polar surface area (TPSA) is 66.5 Å². The molecular weight excluding hydrogens is 129 g/mol. The summed E-state index contributed by atoms with van der Waals surface area (Å²) in [5.41, 5.74) is 5.56. The molecule has 1 saturated carbocycles. The van der Waals surface area contributed by atoms with E-state index in [-0.39, 0.29) is 18.0 Å². The second-order valence-electron chi connectivity index (χ2n) is 2.95. The lowest BCUT2D eigenvalue weighted by Gasteiger charge is -2.29. The zero-order valence-electron chi connectivity index (χ0n) is 5.90. The molecule has 3 nitrogen and oxygen atoms in total. The van der Waals surface area contributed by atoms with Gasteiger partial charge in [-0.1, -0.05) is 6.42 Å². The third-order valence-electron chi connectivity index (χ3n) is 2.11. The van der Waals surface area contributed by atoms with Crippen molar-refractivity contribution in [3.8, 4) is 0 Å². The first kappa shape index (κ1) is 8.05. The molecule has 0 saturated heterocycles. The molecule has 57 valence electrons. The number of hydrogen-bond donors (Lipinski definition) is 3. The summed E-state index contributed by atoms with van der Waals surface area (Å²) in [6, 6.07) is -0.151. The maximum absolute atomic E-state index is 9.17. The second kappa shape index (κ2) is 3.37. The Kier molecular flexibility index (Phi) is 2.71. The quantitative estimate of drug-likeness (QED) is 0.422. The van der Waals surface area contributed by atoms with Gasteiger partial charge in [-0.2, -0.15) is 0 Å². The highest BCUT2D eigenvalue weighted by atomic mass is 16.3. The van der Waals surface area contributed by atoms with Crippen LogP contribution in [0.15, 0.2) is 0 Å². The molecule has 0 aromatic rings. The molecular formula is C6H13BNO2. The fourth-order valence-corrected chi connectivity index (χ4v) is 1.36. The summed E-state index contributed by atoms with van der Waals surface area (Å²) in [6.45, 7) is 0. The van der Waals surface area contributed by atoms with Crippen LogP contribution in [0.25, 0.3) is 0 Å². The molecule has 1 fully saturated rings. The summed E-state index contributed by atoms with van der Waals surface area (Å²) in [5, 5.41) is 17.8. The molecule has 3 atom stereocenters. The van der Waals surface area contributed by atoms with Gasteiger partial charge >= 0.3 is 0 Å². The molecule has 0 aromatic carbocycles. The number of aliphatic hydroxyl groups excluding tert-OH is 1. The van der Waals surface area contributed by atoms with Crippen LogP contribution in [0.2, 0.25) is 5.82 Å². The summed E-state index contributed by atoms with van der Waals surface area (Å²) in [6.07, 6.45) is 1.91. The molecule has 3 unspecified atom stereocenters. The van der Waals surface area contributed by atoms with Gasteiger partial charge in [0, 0.05) is 6.04 Å². The molecule has 1 aliphatic carbocycles. The first-order valence-electron chi connectivity index (χ1n) is 3.65. The van der Waals surface area contributed by atoms with Crippen molar-refractivity contribution in [2.45, 2.75) is 37.2 Å². The minimum atomic E-state index is -0.365. The molecule has 0 aromatic heterocycles. The second-order valence-corrected chi connectivity index (χ2v) is 2.95. The van der Waals surface area contributed by atoms with Gasteiger partial charge in [0.2, 0.25) is 0 Å². The van der Waals surface area contributed by atoms with Crippen molar-refractivity contribution in [1.82, 2.24) is 0 Å². The molecule has 10 heavy (non-hydrogen) atoms. The number of nitrogens with two attached hydrogens (primary N) is 1. The van der Waals surface area contributed by atoms with Crippen LogP contribution in [0.1, 0.15) is 19.3 Å². The van der Waals surface area contributed by atoms with Crippen LogP contribution in [0.5, 0.6) is 0 Å². The predicted molar refractivity (Wildman–Crippen MR) is 39.6 cm³/mol. The summed E-state index contributed by atoms with van der Waals surface area (Å²) in [4.78, 5) is 0. The minimum absolute atomic E-state index is 0.151. The minimum Gasteiger partial charge on any atom is -0.454 e. The lowest BCUT2D eigenvalue weighted by atomic mass is 9.69. The zero-order valence-corrected chi connectivity index (χ0v) is 5.90. The Morgan fingerprint density at radius 1 is 1.40 bits per heavy atom. The first-order chi connectivity index (χ1) is 4.74. The highest BCUT2D eigenvalue weighted by Gasteiger charge is 2.26. The number of hydrogen-bond acceptors (Lipinski definition) is 3. The van der Waals surface area contributed by atoms with Crippen LogP contribution in [-0.2, 0) is 0 Å². The van der Waals surface area contributed by atoms with Gasteiger partial charge < -0.3 is 15.9 Å². The number of rotatable bonds is 1. The van der Waals surface area contributed by atoms with E-state index in [0.29, 0.717) is 12.8 Å². The Balaban J connectivity index is 2.33. The fourth-order valence-electron chi connectivity index (χ4n) is 1.36. The van der Waals surface area contributed by atoms with Crippen molar-refractivity contribution in [2.75, 3.05) is 0 Å². The molecule has 1 aliphatic rings. The third-order valence-corrected chi connectivity index (χ3v) is 2.11. The van der Waals surface area contributed by atoms with Crippen LogP contribution < -0.4 is 5.73 Å². The average Bonchev–Trinajstić information content (AvgIpc) is 1.95. The summed E-state index contributed by atoms with van der Waals surface area (Å²) in [7, 11) is 1.19. The van der Waals surface area contributed by atoms with Gasteiger partial charge in [-0.15, -0.1) is 0 Å². The molecule has 1 rings (SSSR count). The van der Waals surface area contributed by atoms with Crippen LogP contribution in [0, 0.1) is 0 Å². The van der Waals surface area contributed by atoms with Crippen LogP contribution in [0.3, 0.4) is 0 Å². The van der Waals surface area contributed by atoms with E-state index in [9.17, 15) is 5.11 Å². The zero-order chi connectivity index (χ0) is 7.56. The average molecular weight is 142 g/mol. The van der Waals surface area contributed by atoms with E-state index in [2.05, 4.69) is 0 Å². The molecule has 0 aliphatic heterocycles. The maximum atomic E-state index is 9.17. The van der Waals surface area contributed by atoms with Gasteiger partial charge in [0.05, 0.1) is 6.10 Å². The Morgan fingerprint density at radius 3 is 2.60 bits per heavy atom. The lowest BCUT2D eigenvalue weighted by molar-refractivity contribution is 0.107. The van der Waals surface area contributed by atoms with Gasteiger partial charge in [-0.3, -0.25) is 0 Å². The largest absolute Gasteiger partial charge is 0.454 e. The standard InChI is InChI=1S/C6H13BNO2/c8-5-3-4(7-10)1-2-6(5)9/h4-6,9-10H,1-3,8H2. The number of aliphatic hydroxyl groups is 1. The van der Waals surface area contributed by atoms with Crippen LogP contribution in [0.4, 0.5) is 0 Å². The molecule has 1 radical (unpaired) electrons. The van der Waals surface area contributed by atoms with E-state index in [0.717, 1.165) is 6.42 Å². The van der Waals surface area contributed by atoms with E-state index in [1.807, 2.05) is 0 Å². The molecule has 4 heteroatoms. The van der Waals surface area contributed by atoms with Crippen LogP contribution in [-0.4, -0.2) is 29.8 Å². The van der Waals surface area contributed by atoms with Gasteiger partial charge in [0.25, 0.3) is 7.48 Å². The van der Waals surface area contributed by atoms with Crippen molar-refractivity contribution >= 4 is 7.48 Å². The van der Waals surface area contributed by atoms with E-state index >= 15 is 0 Å². The predicted octanol–water partition coefficient (Wildman–Crippen LogP) is -0.742. The van der Waals surface area contributed by atoms with E-state index in [4.69, 9.17) is 10.8 Å². The molecule has 0 amide bonds. The summed E-state index contributed by atoms with van der Waals surface area (Å²) >= 11 is 0. The van der Waals surface area contributed by atoms with Crippen molar-refractivity contribution in [3.63, 3.8) is 0 Å². The molecule has 0 bridgehead atoms. The van der Waals surface area contributed by atoms with Gasteiger partial charge in [-0.05, 0) is 18.7 Å².